The third-order valence-corrected chi connectivity index (χ3v) is 7.71. The fraction of sp³-hybridized carbons (Fsp3) is 0.400. The van der Waals surface area contributed by atoms with Crippen LogP contribution in [0.1, 0.15) is 67.7 Å². The molecule has 2 nitrogen and oxygen atoms in total. The van der Waals surface area contributed by atoms with Gasteiger partial charge in [0.2, 0.25) is 0 Å². The van der Waals surface area contributed by atoms with E-state index in [1.807, 2.05) is 0 Å². The zero-order chi connectivity index (χ0) is 23.5. The van der Waals surface area contributed by atoms with Crippen molar-refractivity contribution in [3.8, 4) is 0 Å². The predicted molar refractivity (Wildman–Crippen MR) is 132 cm³/mol. The molecule has 2 aliphatic rings. The normalized spacial score (nSPS) is 23.4. The smallest absolute Gasteiger partial charge is 0.123 e. The summed E-state index contributed by atoms with van der Waals surface area (Å²) in [6.45, 7) is 3.38. The lowest BCUT2D eigenvalue weighted by atomic mass is 9.92. The van der Waals surface area contributed by atoms with Gasteiger partial charge in [0.1, 0.15) is 17.7 Å². The largest absolute Gasteiger partial charge is 0.365 e. The second kappa shape index (κ2) is 10.4. The fourth-order valence-corrected chi connectivity index (χ4v) is 5.90. The lowest BCUT2D eigenvalue weighted by Gasteiger charge is -2.41. The molecular formula is C30H33F2NO. The van der Waals surface area contributed by atoms with E-state index in [2.05, 4.69) is 42.2 Å². The first-order chi connectivity index (χ1) is 16.6. The first kappa shape index (κ1) is 23.2. The van der Waals surface area contributed by atoms with E-state index in [9.17, 15) is 8.78 Å². The van der Waals surface area contributed by atoms with Crippen molar-refractivity contribution in [3.63, 3.8) is 0 Å². The van der Waals surface area contributed by atoms with Crippen molar-refractivity contribution in [2.24, 2.45) is 0 Å². The summed E-state index contributed by atoms with van der Waals surface area (Å²) in [7, 11) is 0. The van der Waals surface area contributed by atoms with Crippen LogP contribution in [-0.4, -0.2) is 29.6 Å². The van der Waals surface area contributed by atoms with Crippen molar-refractivity contribution in [2.75, 3.05) is 6.54 Å². The van der Waals surface area contributed by atoms with Gasteiger partial charge in [0.15, 0.2) is 0 Å². The van der Waals surface area contributed by atoms with E-state index in [-0.39, 0.29) is 23.8 Å². The van der Waals surface area contributed by atoms with E-state index in [0.29, 0.717) is 18.0 Å². The molecule has 34 heavy (non-hydrogen) atoms. The molecule has 0 amide bonds. The van der Waals surface area contributed by atoms with Crippen molar-refractivity contribution in [2.45, 2.75) is 69.2 Å². The Kier molecular flexibility index (Phi) is 7.07. The number of hydrogen-bond donors (Lipinski definition) is 0. The molecule has 0 radical (unpaired) electrons. The lowest BCUT2D eigenvalue weighted by molar-refractivity contribution is -0.0493. The van der Waals surface area contributed by atoms with Crippen LogP contribution in [0.3, 0.4) is 0 Å². The van der Waals surface area contributed by atoms with Crippen molar-refractivity contribution < 1.29 is 13.5 Å². The van der Waals surface area contributed by atoms with Crippen LogP contribution in [0.4, 0.5) is 8.78 Å². The van der Waals surface area contributed by atoms with Gasteiger partial charge in [-0.15, -0.1) is 0 Å². The van der Waals surface area contributed by atoms with E-state index >= 15 is 0 Å². The highest BCUT2D eigenvalue weighted by Gasteiger charge is 2.42. The number of hydrogen-bond acceptors (Lipinski definition) is 2. The Balaban J connectivity index is 1.31. The lowest BCUT2D eigenvalue weighted by Crippen LogP contribution is -2.47. The van der Waals surface area contributed by atoms with E-state index in [1.165, 1.54) is 42.7 Å². The zero-order valence-electron chi connectivity index (χ0n) is 19.7. The summed E-state index contributed by atoms with van der Waals surface area (Å²) in [5.74, 6) is 0.0154. The first-order valence-corrected chi connectivity index (χ1v) is 12.6. The average Bonchev–Trinajstić information content (AvgIpc) is 3.09. The van der Waals surface area contributed by atoms with Gasteiger partial charge in [0, 0.05) is 18.6 Å². The number of ether oxygens (including phenoxy) is 1. The summed E-state index contributed by atoms with van der Waals surface area (Å²) < 4.78 is 33.9. The van der Waals surface area contributed by atoms with E-state index in [0.717, 1.165) is 36.9 Å². The second-order valence-electron chi connectivity index (χ2n) is 9.81. The first-order valence-electron chi connectivity index (χ1n) is 12.6. The summed E-state index contributed by atoms with van der Waals surface area (Å²) in [4.78, 5) is 2.73. The maximum atomic E-state index is 13.6. The standard InChI is InChI=1S/C30H33F2NO/c1-2-21(22-6-4-3-5-7-22)20-33-27-16-17-28(33)19-29(18-27)34-30(23-8-12-25(31)13-9-23)24-10-14-26(32)15-11-24/h3-15,21,27-30H,2,16-20H2,1H3/t21-,27-,28+,29?/m0/s1. The third-order valence-electron chi connectivity index (χ3n) is 7.71. The third kappa shape index (κ3) is 5.08. The average molecular weight is 462 g/mol. The van der Waals surface area contributed by atoms with Gasteiger partial charge >= 0.3 is 0 Å². The number of fused-ring (bicyclic) bond motifs is 2. The van der Waals surface area contributed by atoms with E-state index < -0.39 is 0 Å². The minimum absolute atomic E-state index is 0.130. The molecule has 1 unspecified atom stereocenters. The maximum absolute atomic E-state index is 13.6. The summed E-state index contributed by atoms with van der Waals surface area (Å²) in [6.07, 6.45) is 5.37. The van der Waals surface area contributed by atoms with E-state index in [4.69, 9.17) is 4.74 Å². The monoisotopic (exact) mass is 461 g/mol. The maximum Gasteiger partial charge on any atom is 0.123 e. The van der Waals surface area contributed by atoms with Gasteiger partial charge in [-0.25, -0.2) is 8.78 Å². The van der Waals surface area contributed by atoms with Gasteiger partial charge in [-0.1, -0.05) is 61.5 Å². The number of nitrogens with zero attached hydrogens (tertiary/aromatic N) is 1. The van der Waals surface area contributed by atoms with Gasteiger partial charge < -0.3 is 4.74 Å². The molecule has 0 saturated carbocycles. The molecule has 2 bridgehead atoms. The molecule has 2 saturated heterocycles. The highest BCUT2D eigenvalue weighted by Crippen LogP contribution is 2.41. The van der Waals surface area contributed by atoms with Crippen molar-refractivity contribution in [1.82, 2.24) is 4.90 Å². The van der Waals surface area contributed by atoms with Crippen LogP contribution in [0.2, 0.25) is 0 Å². The van der Waals surface area contributed by atoms with Gasteiger partial charge in [-0.2, -0.15) is 0 Å². The van der Waals surface area contributed by atoms with Crippen LogP contribution < -0.4 is 0 Å². The quantitative estimate of drug-likeness (QED) is 0.350. The summed E-state index contributed by atoms with van der Waals surface area (Å²) in [5.41, 5.74) is 3.23. The number of benzene rings is 3. The molecular weight excluding hydrogens is 428 g/mol. The molecule has 5 rings (SSSR count). The topological polar surface area (TPSA) is 12.5 Å². The molecule has 4 atom stereocenters. The highest BCUT2D eigenvalue weighted by molar-refractivity contribution is 5.31. The molecule has 4 heteroatoms. The molecule has 178 valence electrons. The van der Waals surface area contributed by atoms with Gasteiger partial charge in [-0.05, 0) is 79.0 Å². The Morgan fingerprint density at radius 3 is 1.79 bits per heavy atom. The molecule has 0 spiro atoms. The SMILES string of the molecule is CC[C@@H](CN1[C@@H]2CC[C@H]1CC(OC(c1ccc(F)cc1)c1ccc(F)cc1)C2)c1ccccc1. The Morgan fingerprint density at radius 2 is 1.29 bits per heavy atom. The minimum atomic E-state index is -0.329. The molecule has 3 aromatic rings. The molecule has 0 aromatic heterocycles. The van der Waals surface area contributed by atoms with Gasteiger partial charge in [-0.3, -0.25) is 4.90 Å². The summed E-state index contributed by atoms with van der Waals surface area (Å²) >= 11 is 0. The van der Waals surface area contributed by atoms with Crippen LogP contribution >= 0.6 is 0 Å². The van der Waals surface area contributed by atoms with E-state index in [1.54, 1.807) is 24.3 Å². The Hall–Kier alpha value is -2.56. The Morgan fingerprint density at radius 1 is 0.765 bits per heavy atom. The van der Waals surface area contributed by atoms with Crippen molar-refractivity contribution >= 4 is 0 Å². The van der Waals surface area contributed by atoms with Crippen LogP contribution in [0.5, 0.6) is 0 Å². The molecule has 2 heterocycles. The molecule has 0 N–H and O–H groups in total. The van der Waals surface area contributed by atoms with Crippen molar-refractivity contribution in [3.05, 3.63) is 107 Å². The number of piperidine rings is 1. The van der Waals surface area contributed by atoms with Crippen LogP contribution in [0.15, 0.2) is 78.9 Å². The van der Waals surface area contributed by atoms with Crippen LogP contribution in [0.25, 0.3) is 0 Å². The second-order valence-corrected chi connectivity index (χ2v) is 9.81. The van der Waals surface area contributed by atoms with Crippen LogP contribution in [-0.2, 0) is 4.74 Å². The Labute approximate surface area is 201 Å². The van der Waals surface area contributed by atoms with Gasteiger partial charge in [0.05, 0.1) is 6.10 Å². The minimum Gasteiger partial charge on any atom is -0.365 e. The summed E-state index contributed by atoms with van der Waals surface area (Å²) in [5, 5.41) is 0. The van der Waals surface area contributed by atoms with Crippen molar-refractivity contribution in [1.29, 1.82) is 0 Å². The summed E-state index contributed by atoms with van der Waals surface area (Å²) in [6, 6.07) is 24.9. The highest BCUT2D eigenvalue weighted by atomic mass is 19.1. The predicted octanol–water partition coefficient (Wildman–Crippen LogP) is 7.26. The molecule has 0 aliphatic carbocycles. The zero-order valence-corrected chi connectivity index (χ0v) is 19.7. The Bertz CT molecular complexity index is 994. The molecule has 2 aliphatic heterocycles. The van der Waals surface area contributed by atoms with Crippen LogP contribution in [0, 0.1) is 11.6 Å². The number of halogens is 2. The fourth-order valence-electron chi connectivity index (χ4n) is 5.90. The number of rotatable bonds is 8. The molecule has 2 fully saturated rings. The molecule has 3 aromatic carbocycles. The van der Waals surface area contributed by atoms with Gasteiger partial charge in [0.25, 0.3) is 0 Å².